The second-order valence-electron chi connectivity index (χ2n) is 5.85. The zero-order valence-corrected chi connectivity index (χ0v) is 13.4. The molecule has 0 spiro atoms. The predicted octanol–water partition coefficient (Wildman–Crippen LogP) is 2.22. The summed E-state index contributed by atoms with van der Waals surface area (Å²) in [5.74, 6) is -0.308. The molecule has 0 unspecified atom stereocenters. The highest BCUT2D eigenvalue weighted by Crippen LogP contribution is 2.39. The maximum absolute atomic E-state index is 13.0. The maximum atomic E-state index is 13.0. The third-order valence-corrected chi connectivity index (χ3v) is 4.42. The van der Waals surface area contributed by atoms with Gasteiger partial charge in [-0.1, -0.05) is 60.7 Å². The van der Waals surface area contributed by atoms with E-state index in [9.17, 15) is 9.59 Å². The van der Waals surface area contributed by atoms with Crippen LogP contribution >= 0.6 is 0 Å². The van der Waals surface area contributed by atoms with Gasteiger partial charge in [0, 0.05) is 6.54 Å². The highest BCUT2D eigenvalue weighted by Gasteiger charge is 2.54. The molecule has 3 rings (SSSR count). The van der Waals surface area contributed by atoms with E-state index in [0.29, 0.717) is 13.1 Å². The summed E-state index contributed by atoms with van der Waals surface area (Å²) in [7, 11) is 0. The summed E-state index contributed by atoms with van der Waals surface area (Å²) in [6.45, 7) is 1.03. The molecule has 124 valence electrons. The first-order valence-electron chi connectivity index (χ1n) is 8.15. The molecular weight excluding hydrogens is 302 g/mol. The molecule has 0 saturated carbocycles. The Morgan fingerprint density at radius 1 is 0.875 bits per heavy atom. The Bertz CT molecular complexity index is 676. The van der Waals surface area contributed by atoms with Crippen LogP contribution in [0.4, 0.5) is 4.79 Å². The number of carbonyl (C=O) groups excluding carboxylic acids is 2. The number of carbonyl (C=O) groups is 2. The Labute approximate surface area is 141 Å². The van der Waals surface area contributed by atoms with Crippen molar-refractivity contribution in [2.45, 2.75) is 18.4 Å². The molecule has 2 aromatic carbocycles. The van der Waals surface area contributed by atoms with Crippen molar-refractivity contribution in [2.75, 3.05) is 13.1 Å². The number of unbranched alkanes of at least 4 members (excludes halogenated alkanes) is 1. The first-order valence-corrected chi connectivity index (χ1v) is 8.15. The first-order chi connectivity index (χ1) is 11.7. The van der Waals surface area contributed by atoms with Crippen LogP contribution in [0.25, 0.3) is 0 Å². The van der Waals surface area contributed by atoms with Crippen molar-refractivity contribution in [1.29, 1.82) is 0 Å². The zero-order valence-electron chi connectivity index (χ0n) is 13.4. The standard InChI is InChI=1S/C19H21N3O2/c20-13-7-8-14-22-18(24)21-17(23)19(22,15-9-3-1-4-10-15)16-11-5-2-6-12-16/h1-6,9-12H,7-8,13-14,20H2,(H,21,23,24). The average Bonchev–Trinajstić information content (AvgIpc) is 2.87. The fourth-order valence-electron chi connectivity index (χ4n) is 3.31. The molecule has 24 heavy (non-hydrogen) atoms. The monoisotopic (exact) mass is 323 g/mol. The van der Waals surface area contributed by atoms with E-state index in [4.69, 9.17) is 5.73 Å². The summed E-state index contributed by atoms with van der Waals surface area (Å²) in [5, 5.41) is 2.50. The van der Waals surface area contributed by atoms with Crippen molar-refractivity contribution in [1.82, 2.24) is 10.2 Å². The molecule has 0 aromatic heterocycles. The van der Waals surface area contributed by atoms with Crippen molar-refractivity contribution in [3.05, 3.63) is 71.8 Å². The summed E-state index contributed by atoms with van der Waals surface area (Å²) in [6.07, 6.45) is 1.55. The molecule has 5 nitrogen and oxygen atoms in total. The van der Waals surface area contributed by atoms with E-state index in [2.05, 4.69) is 5.32 Å². The summed E-state index contributed by atoms with van der Waals surface area (Å²) in [5.41, 5.74) is 6.02. The Morgan fingerprint density at radius 2 is 1.42 bits per heavy atom. The van der Waals surface area contributed by atoms with Gasteiger partial charge in [-0.25, -0.2) is 4.79 Å². The van der Waals surface area contributed by atoms with Gasteiger partial charge >= 0.3 is 6.03 Å². The Morgan fingerprint density at radius 3 is 1.92 bits per heavy atom. The summed E-state index contributed by atoms with van der Waals surface area (Å²) in [6, 6.07) is 18.5. The number of imide groups is 1. The summed E-state index contributed by atoms with van der Waals surface area (Å²) >= 11 is 0. The van der Waals surface area contributed by atoms with E-state index < -0.39 is 5.54 Å². The normalized spacial score (nSPS) is 16.3. The molecule has 3 amide bonds. The minimum absolute atomic E-state index is 0.308. The average molecular weight is 323 g/mol. The lowest BCUT2D eigenvalue weighted by Gasteiger charge is -2.36. The van der Waals surface area contributed by atoms with Gasteiger partial charge < -0.3 is 10.6 Å². The maximum Gasteiger partial charge on any atom is 0.325 e. The molecule has 1 saturated heterocycles. The van der Waals surface area contributed by atoms with E-state index in [1.807, 2.05) is 60.7 Å². The number of rotatable bonds is 6. The van der Waals surface area contributed by atoms with Crippen LogP contribution in [0, 0.1) is 0 Å². The number of benzene rings is 2. The van der Waals surface area contributed by atoms with E-state index in [0.717, 1.165) is 24.0 Å². The van der Waals surface area contributed by atoms with Crippen molar-refractivity contribution in [2.24, 2.45) is 5.73 Å². The molecule has 0 aliphatic carbocycles. The van der Waals surface area contributed by atoms with E-state index >= 15 is 0 Å². The molecule has 1 fully saturated rings. The van der Waals surface area contributed by atoms with Gasteiger partial charge in [0.1, 0.15) is 0 Å². The van der Waals surface area contributed by atoms with Crippen LogP contribution in [0.1, 0.15) is 24.0 Å². The van der Waals surface area contributed by atoms with Crippen molar-refractivity contribution < 1.29 is 9.59 Å². The van der Waals surface area contributed by atoms with Gasteiger partial charge in [0.25, 0.3) is 5.91 Å². The van der Waals surface area contributed by atoms with Gasteiger partial charge in [0.2, 0.25) is 0 Å². The number of hydrogen-bond acceptors (Lipinski definition) is 3. The second-order valence-corrected chi connectivity index (χ2v) is 5.85. The molecular formula is C19H21N3O2. The lowest BCUT2D eigenvalue weighted by molar-refractivity contribution is -0.125. The minimum atomic E-state index is -1.13. The summed E-state index contributed by atoms with van der Waals surface area (Å²) in [4.78, 5) is 27.1. The number of nitrogens with two attached hydrogens (primary N) is 1. The van der Waals surface area contributed by atoms with Crippen LogP contribution in [0.5, 0.6) is 0 Å². The number of amides is 3. The molecule has 2 aromatic rings. The third kappa shape index (κ3) is 2.57. The van der Waals surface area contributed by atoms with Gasteiger partial charge in [-0.2, -0.15) is 0 Å². The van der Waals surface area contributed by atoms with Gasteiger partial charge in [-0.15, -0.1) is 0 Å². The molecule has 1 heterocycles. The van der Waals surface area contributed by atoms with Crippen LogP contribution in [0.2, 0.25) is 0 Å². The lowest BCUT2D eigenvalue weighted by Crippen LogP contribution is -2.48. The number of hydrogen-bond donors (Lipinski definition) is 2. The van der Waals surface area contributed by atoms with Crippen LogP contribution < -0.4 is 11.1 Å². The molecule has 1 aliphatic rings. The molecule has 1 aliphatic heterocycles. The molecule has 5 heteroatoms. The molecule has 3 N–H and O–H groups in total. The number of nitrogens with zero attached hydrogens (tertiary/aromatic N) is 1. The number of urea groups is 1. The minimum Gasteiger partial charge on any atom is -0.330 e. The van der Waals surface area contributed by atoms with Crippen molar-refractivity contribution >= 4 is 11.9 Å². The van der Waals surface area contributed by atoms with Crippen LogP contribution in [-0.2, 0) is 10.3 Å². The van der Waals surface area contributed by atoms with Gasteiger partial charge in [0.05, 0.1) is 0 Å². The van der Waals surface area contributed by atoms with Gasteiger partial charge in [0.15, 0.2) is 5.54 Å². The second kappa shape index (κ2) is 6.84. The van der Waals surface area contributed by atoms with Crippen molar-refractivity contribution in [3.63, 3.8) is 0 Å². The first kappa shape index (κ1) is 16.2. The Hall–Kier alpha value is -2.66. The zero-order chi connectivity index (χ0) is 17.0. The summed E-state index contributed by atoms with van der Waals surface area (Å²) < 4.78 is 0. The van der Waals surface area contributed by atoms with Gasteiger partial charge in [-0.05, 0) is 30.5 Å². The van der Waals surface area contributed by atoms with Crippen molar-refractivity contribution in [3.8, 4) is 0 Å². The Kier molecular flexibility index (Phi) is 4.62. The lowest BCUT2D eigenvalue weighted by atomic mass is 9.81. The predicted molar refractivity (Wildman–Crippen MR) is 92.2 cm³/mol. The smallest absolute Gasteiger partial charge is 0.325 e. The largest absolute Gasteiger partial charge is 0.330 e. The van der Waals surface area contributed by atoms with E-state index in [1.54, 1.807) is 4.90 Å². The quantitative estimate of drug-likeness (QED) is 0.632. The fourth-order valence-corrected chi connectivity index (χ4v) is 3.31. The fraction of sp³-hybridized carbons (Fsp3) is 0.263. The van der Waals surface area contributed by atoms with Gasteiger partial charge in [-0.3, -0.25) is 10.1 Å². The number of nitrogens with one attached hydrogen (secondary N) is 1. The Balaban J connectivity index is 2.15. The third-order valence-electron chi connectivity index (χ3n) is 4.42. The van der Waals surface area contributed by atoms with Crippen LogP contribution in [0.15, 0.2) is 60.7 Å². The molecule has 0 radical (unpaired) electrons. The van der Waals surface area contributed by atoms with Crippen LogP contribution in [-0.4, -0.2) is 29.9 Å². The highest BCUT2D eigenvalue weighted by atomic mass is 16.2. The van der Waals surface area contributed by atoms with E-state index in [1.165, 1.54) is 0 Å². The topological polar surface area (TPSA) is 75.4 Å². The van der Waals surface area contributed by atoms with E-state index in [-0.39, 0.29) is 11.9 Å². The molecule has 0 atom stereocenters. The SMILES string of the molecule is NCCCCN1C(=O)NC(=O)C1(c1ccccc1)c1ccccc1. The van der Waals surface area contributed by atoms with Crippen LogP contribution in [0.3, 0.4) is 0 Å². The molecule has 0 bridgehead atoms. The highest BCUT2D eigenvalue weighted by molar-refractivity contribution is 6.09.